The monoisotopic (exact) mass is 681 g/mol. The zero-order chi connectivity index (χ0) is 34.2. The number of benzene rings is 8. The van der Waals surface area contributed by atoms with E-state index in [1.165, 1.54) is 30.9 Å². The van der Waals surface area contributed by atoms with Crippen LogP contribution in [-0.2, 0) is 0 Å². The van der Waals surface area contributed by atoms with Crippen LogP contribution in [0.3, 0.4) is 0 Å². The fourth-order valence-corrected chi connectivity index (χ4v) is 8.68. The SMILES string of the molecule is c1ccc(-c2nc(-c3ccc4c(c3)sc3ccccc34)nc(-c3cc4c5ccc(-c6ccc7ccccc7c6)cc5oc4c4ccccc34)n2)cc1. The molecule has 0 amide bonds. The highest BCUT2D eigenvalue weighted by atomic mass is 32.1. The van der Waals surface area contributed by atoms with Gasteiger partial charge in [-0.2, -0.15) is 0 Å². The molecule has 0 N–H and O–H groups in total. The number of nitrogens with zero attached hydrogens (tertiary/aromatic N) is 3. The van der Waals surface area contributed by atoms with Gasteiger partial charge in [0.15, 0.2) is 17.5 Å². The lowest BCUT2D eigenvalue weighted by Crippen LogP contribution is -2.00. The van der Waals surface area contributed by atoms with Gasteiger partial charge in [0.05, 0.1) is 0 Å². The Balaban J connectivity index is 1.12. The maximum Gasteiger partial charge on any atom is 0.164 e. The first-order valence-electron chi connectivity index (χ1n) is 17.3. The van der Waals surface area contributed by atoms with E-state index in [0.717, 1.165) is 60.5 Å². The molecule has 0 bridgehead atoms. The van der Waals surface area contributed by atoms with Crippen LogP contribution in [-0.4, -0.2) is 15.0 Å². The third kappa shape index (κ3) is 4.64. The maximum atomic E-state index is 6.71. The van der Waals surface area contributed by atoms with Crippen molar-refractivity contribution in [3.63, 3.8) is 0 Å². The predicted molar refractivity (Wildman–Crippen MR) is 217 cm³/mol. The Labute approximate surface area is 302 Å². The van der Waals surface area contributed by atoms with Gasteiger partial charge >= 0.3 is 0 Å². The van der Waals surface area contributed by atoms with E-state index < -0.39 is 0 Å². The van der Waals surface area contributed by atoms with Gasteiger partial charge in [-0.1, -0.05) is 127 Å². The van der Waals surface area contributed by atoms with Crippen LogP contribution in [0.15, 0.2) is 168 Å². The van der Waals surface area contributed by atoms with E-state index in [1.807, 2.05) is 18.2 Å². The van der Waals surface area contributed by atoms with Crippen LogP contribution in [0.1, 0.15) is 0 Å². The molecule has 52 heavy (non-hydrogen) atoms. The summed E-state index contributed by atoms with van der Waals surface area (Å²) in [6.45, 7) is 0. The molecule has 4 nitrogen and oxygen atoms in total. The van der Waals surface area contributed by atoms with E-state index in [2.05, 4.69) is 146 Å². The number of hydrogen-bond donors (Lipinski definition) is 0. The highest BCUT2D eigenvalue weighted by Gasteiger charge is 2.20. The van der Waals surface area contributed by atoms with Gasteiger partial charge in [-0.15, -0.1) is 11.3 Å². The van der Waals surface area contributed by atoms with E-state index in [1.54, 1.807) is 11.3 Å². The van der Waals surface area contributed by atoms with E-state index in [0.29, 0.717) is 17.5 Å². The average Bonchev–Trinajstić information content (AvgIpc) is 3.78. The maximum absolute atomic E-state index is 6.71. The lowest BCUT2D eigenvalue weighted by atomic mass is 9.98. The topological polar surface area (TPSA) is 51.8 Å². The van der Waals surface area contributed by atoms with E-state index in [-0.39, 0.29) is 0 Å². The van der Waals surface area contributed by atoms with Crippen LogP contribution < -0.4 is 0 Å². The number of fused-ring (bicyclic) bond motifs is 9. The second-order valence-corrected chi connectivity index (χ2v) is 14.3. The lowest BCUT2D eigenvalue weighted by molar-refractivity contribution is 0.673. The molecule has 11 rings (SSSR count). The zero-order valence-corrected chi connectivity index (χ0v) is 28.6. The molecule has 0 unspecified atom stereocenters. The van der Waals surface area contributed by atoms with Crippen molar-refractivity contribution < 1.29 is 4.42 Å². The van der Waals surface area contributed by atoms with Gasteiger partial charge in [0.25, 0.3) is 0 Å². The lowest BCUT2D eigenvalue weighted by Gasteiger charge is -2.11. The third-order valence-corrected chi connectivity index (χ3v) is 11.2. The molecule has 0 aliphatic rings. The largest absolute Gasteiger partial charge is 0.455 e. The van der Waals surface area contributed by atoms with Crippen molar-refractivity contribution in [2.24, 2.45) is 0 Å². The van der Waals surface area contributed by atoms with E-state index in [4.69, 9.17) is 19.4 Å². The summed E-state index contributed by atoms with van der Waals surface area (Å²) in [6.07, 6.45) is 0. The molecule has 0 saturated carbocycles. The number of aromatic nitrogens is 3. The molecule has 0 saturated heterocycles. The van der Waals surface area contributed by atoms with Crippen molar-refractivity contribution in [1.82, 2.24) is 15.0 Å². The summed E-state index contributed by atoms with van der Waals surface area (Å²) in [6, 6.07) is 57.4. The fraction of sp³-hybridized carbons (Fsp3) is 0. The van der Waals surface area contributed by atoms with Gasteiger partial charge in [-0.3, -0.25) is 0 Å². The average molecular weight is 682 g/mol. The molecule has 0 spiro atoms. The molecular weight excluding hydrogens is 655 g/mol. The normalized spacial score (nSPS) is 11.8. The van der Waals surface area contributed by atoms with Crippen molar-refractivity contribution in [2.75, 3.05) is 0 Å². The van der Waals surface area contributed by atoms with Gasteiger partial charge in [0.1, 0.15) is 11.2 Å². The van der Waals surface area contributed by atoms with Crippen LogP contribution >= 0.6 is 11.3 Å². The van der Waals surface area contributed by atoms with Crippen molar-refractivity contribution >= 4 is 75.0 Å². The van der Waals surface area contributed by atoms with Crippen LogP contribution in [0.4, 0.5) is 0 Å². The summed E-state index contributed by atoms with van der Waals surface area (Å²) in [5.41, 5.74) is 6.82. The van der Waals surface area contributed by atoms with Crippen LogP contribution in [0.2, 0.25) is 0 Å². The highest BCUT2D eigenvalue weighted by molar-refractivity contribution is 7.25. The Hall–Kier alpha value is -6.69. The molecule has 11 aromatic rings. The molecule has 8 aromatic carbocycles. The zero-order valence-electron chi connectivity index (χ0n) is 27.7. The summed E-state index contributed by atoms with van der Waals surface area (Å²) >= 11 is 1.80. The van der Waals surface area contributed by atoms with Gasteiger partial charge in [0, 0.05) is 53.0 Å². The van der Waals surface area contributed by atoms with Gasteiger partial charge in [-0.25, -0.2) is 15.0 Å². The van der Waals surface area contributed by atoms with Crippen molar-refractivity contribution in [3.8, 4) is 45.3 Å². The minimum atomic E-state index is 0.625. The van der Waals surface area contributed by atoms with Crippen molar-refractivity contribution in [3.05, 3.63) is 164 Å². The molecule has 5 heteroatoms. The van der Waals surface area contributed by atoms with Crippen LogP contribution in [0.25, 0.3) is 109 Å². The Morgan fingerprint density at radius 1 is 0.365 bits per heavy atom. The number of thiophene rings is 1. The smallest absolute Gasteiger partial charge is 0.164 e. The summed E-state index contributed by atoms with van der Waals surface area (Å²) < 4.78 is 9.19. The number of furan rings is 1. The van der Waals surface area contributed by atoms with Gasteiger partial charge < -0.3 is 4.42 Å². The summed E-state index contributed by atoms with van der Waals surface area (Å²) in [7, 11) is 0. The predicted octanol–water partition coefficient (Wildman–Crippen LogP) is 13.1. The Morgan fingerprint density at radius 2 is 1.00 bits per heavy atom. The Kier molecular flexibility index (Phi) is 6.39. The van der Waals surface area contributed by atoms with Gasteiger partial charge in [-0.05, 0) is 63.7 Å². The van der Waals surface area contributed by atoms with Crippen molar-refractivity contribution in [1.29, 1.82) is 0 Å². The van der Waals surface area contributed by atoms with Gasteiger partial charge in [0.2, 0.25) is 0 Å². The Bertz CT molecular complexity index is 3200. The first-order valence-corrected chi connectivity index (χ1v) is 18.2. The summed E-state index contributed by atoms with van der Waals surface area (Å²) in [4.78, 5) is 15.4. The molecule has 0 radical (unpaired) electrons. The molecule has 242 valence electrons. The molecule has 3 aromatic heterocycles. The second kappa shape index (κ2) is 11.4. The molecule has 3 heterocycles. The highest BCUT2D eigenvalue weighted by Crippen LogP contribution is 2.41. The number of hydrogen-bond acceptors (Lipinski definition) is 5. The quantitative estimate of drug-likeness (QED) is 0.185. The number of rotatable bonds is 4. The summed E-state index contributed by atoms with van der Waals surface area (Å²) in [5, 5.41) is 9.10. The van der Waals surface area contributed by atoms with Crippen LogP contribution in [0.5, 0.6) is 0 Å². The first kappa shape index (κ1) is 29.1. The van der Waals surface area contributed by atoms with E-state index >= 15 is 0 Å². The fourth-order valence-electron chi connectivity index (χ4n) is 7.54. The third-order valence-electron chi connectivity index (χ3n) is 10.1. The minimum Gasteiger partial charge on any atom is -0.455 e. The molecule has 0 aliphatic heterocycles. The summed E-state index contributed by atoms with van der Waals surface area (Å²) in [5.74, 6) is 1.91. The minimum absolute atomic E-state index is 0.625. The molecule has 0 fully saturated rings. The second-order valence-electron chi connectivity index (χ2n) is 13.2. The van der Waals surface area contributed by atoms with E-state index in [9.17, 15) is 0 Å². The first-order chi connectivity index (χ1) is 25.7. The van der Waals surface area contributed by atoms with Crippen molar-refractivity contribution in [2.45, 2.75) is 0 Å². The molecule has 0 atom stereocenters. The molecule has 0 aliphatic carbocycles. The Morgan fingerprint density at radius 3 is 1.88 bits per heavy atom. The van der Waals surface area contributed by atoms with Crippen LogP contribution in [0, 0.1) is 0 Å². The molecular formula is C47H27N3OS. The standard InChI is InChI=1S/C47H27N3OS/c1-2-11-29(12-3-1)45-48-46(33-21-23-37-36-15-8-9-17-42(36)52-43(37)26-33)50-47(49-45)40-27-39-35-22-20-32(31-19-18-28-10-4-5-13-30(28)24-31)25-41(35)51-44(39)38-16-7-6-14-34(38)40/h1-27H.